The first-order valence-corrected chi connectivity index (χ1v) is 13.9. The summed E-state index contributed by atoms with van der Waals surface area (Å²) in [6, 6.07) is 0. The van der Waals surface area contributed by atoms with Crippen LogP contribution in [0.2, 0.25) is 0 Å². The number of allylic oxidation sites excluding steroid dienone is 10. The minimum Gasteiger partial charge on any atom is -0.374 e. The minimum absolute atomic E-state index is 0.131. The summed E-state index contributed by atoms with van der Waals surface area (Å²) in [5.41, 5.74) is 14.3. The summed E-state index contributed by atoms with van der Waals surface area (Å²) in [7, 11) is 4.26. The molecule has 1 unspecified atom stereocenters. The highest BCUT2D eigenvalue weighted by molar-refractivity contribution is 8.00. The van der Waals surface area contributed by atoms with Gasteiger partial charge in [-0.05, 0) is 59.9 Å². The van der Waals surface area contributed by atoms with Gasteiger partial charge in [0.25, 0.3) is 0 Å². The van der Waals surface area contributed by atoms with Crippen molar-refractivity contribution < 1.29 is 0 Å². The van der Waals surface area contributed by atoms with Crippen LogP contribution in [0.15, 0.2) is 75.2 Å². The van der Waals surface area contributed by atoms with E-state index in [2.05, 4.69) is 87.6 Å². The number of nitrogens with one attached hydrogen (secondary N) is 1. The van der Waals surface area contributed by atoms with Gasteiger partial charge in [0.1, 0.15) is 0 Å². The van der Waals surface area contributed by atoms with E-state index in [1.165, 1.54) is 59.8 Å². The van der Waals surface area contributed by atoms with Gasteiger partial charge in [-0.1, -0.05) is 57.2 Å². The average Bonchev–Trinajstić information content (AvgIpc) is 3.15. The Morgan fingerprint density at radius 1 is 1.12 bits per heavy atom. The molecule has 0 saturated heterocycles. The van der Waals surface area contributed by atoms with Gasteiger partial charge in [-0.2, -0.15) is 0 Å². The molecular weight excluding hydrogens is 454 g/mol. The Hall–Kier alpha value is -2.34. The Kier molecular flexibility index (Phi) is 5.28. The number of nitrogens with zero attached hydrogens (tertiary/aromatic N) is 2. The number of thiazole rings is 1. The molecule has 0 spiro atoms. The van der Waals surface area contributed by atoms with Crippen LogP contribution in [0.3, 0.4) is 0 Å². The van der Waals surface area contributed by atoms with Crippen LogP contribution in [0.1, 0.15) is 44.2 Å². The highest BCUT2D eigenvalue weighted by Crippen LogP contribution is 2.53. The summed E-state index contributed by atoms with van der Waals surface area (Å²) in [6.07, 6.45) is 17.5. The number of hydrogen-bond acceptors (Lipinski definition) is 5. The van der Waals surface area contributed by atoms with Gasteiger partial charge >= 0.3 is 0 Å². The molecule has 3 nitrogen and oxygen atoms in total. The maximum atomic E-state index is 4.95. The van der Waals surface area contributed by atoms with Crippen LogP contribution in [-0.2, 0) is 0 Å². The molecule has 0 amide bonds. The van der Waals surface area contributed by atoms with E-state index in [0.29, 0.717) is 5.92 Å². The number of hydrogen-bond donors (Lipinski definition) is 1. The van der Waals surface area contributed by atoms with E-state index in [4.69, 9.17) is 4.98 Å². The van der Waals surface area contributed by atoms with Crippen molar-refractivity contribution in [2.75, 3.05) is 31.8 Å². The second kappa shape index (κ2) is 8.11. The predicted molar refractivity (Wildman–Crippen MR) is 149 cm³/mol. The van der Waals surface area contributed by atoms with Crippen molar-refractivity contribution in [1.29, 1.82) is 0 Å². The van der Waals surface area contributed by atoms with Gasteiger partial charge in [0, 0.05) is 28.5 Å². The molecule has 4 aliphatic rings. The minimum atomic E-state index is 0.131. The summed E-state index contributed by atoms with van der Waals surface area (Å²) in [5, 5.41) is 3.75. The highest BCUT2D eigenvalue weighted by Gasteiger charge is 2.33. The molecule has 34 heavy (non-hydrogen) atoms. The molecule has 1 aromatic carbocycles. The third-order valence-corrected chi connectivity index (χ3v) is 8.82. The quantitative estimate of drug-likeness (QED) is 0.484. The smallest absolute Gasteiger partial charge is 0.0869 e. The summed E-state index contributed by atoms with van der Waals surface area (Å²) >= 11 is 3.71. The van der Waals surface area contributed by atoms with Gasteiger partial charge in [-0.25, -0.2) is 4.98 Å². The molecular formula is C29H31N3S2. The fourth-order valence-corrected chi connectivity index (χ4v) is 7.13. The van der Waals surface area contributed by atoms with Crippen LogP contribution in [0.5, 0.6) is 0 Å². The SMILES string of the molecule is CN(C)CC1=CCC(c2c3c(c(C4=C5C=C5C=C(C(C)(C)C)C=C4)c4scnc24)NCS3)C=C1. The van der Waals surface area contributed by atoms with Gasteiger partial charge in [-0.15, -0.1) is 23.1 Å². The van der Waals surface area contributed by atoms with Gasteiger partial charge in [0.15, 0.2) is 0 Å². The topological polar surface area (TPSA) is 28.2 Å². The Balaban J connectivity index is 1.46. The summed E-state index contributed by atoms with van der Waals surface area (Å²) in [6.45, 7) is 7.86. The van der Waals surface area contributed by atoms with E-state index in [1.54, 1.807) is 11.3 Å². The molecule has 0 fully saturated rings. The lowest BCUT2D eigenvalue weighted by Gasteiger charge is -2.22. The van der Waals surface area contributed by atoms with Crippen LogP contribution in [0.25, 0.3) is 15.8 Å². The Labute approximate surface area is 210 Å². The van der Waals surface area contributed by atoms with Gasteiger partial charge in [-0.3, -0.25) is 0 Å². The van der Waals surface area contributed by atoms with Gasteiger partial charge in [0.05, 0.1) is 27.3 Å². The van der Waals surface area contributed by atoms with Crippen molar-refractivity contribution in [3.05, 3.63) is 81.5 Å². The number of aromatic nitrogens is 1. The zero-order valence-corrected chi connectivity index (χ0v) is 22.2. The van der Waals surface area contributed by atoms with Crippen molar-refractivity contribution in [1.82, 2.24) is 9.88 Å². The zero-order chi connectivity index (χ0) is 23.6. The Morgan fingerprint density at radius 3 is 2.71 bits per heavy atom. The van der Waals surface area contributed by atoms with Gasteiger partial charge < -0.3 is 10.2 Å². The van der Waals surface area contributed by atoms with Crippen molar-refractivity contribution in [2.24, 2.45) is 5.41 Å². The monoisotopic (exact) mass is 485 g/mol. The first kappa shape index (κ1) is 22.1. The third-order valence-electron chi connectivity index (χ3n) is 6.98. The average molecular weight is 486 g/mol. The largest absolute Gasteiger partial charge is 0.374 e. The van der Waals surface area contributed by atoms with E-state index < -0.39 is 0 Å². The van der Waals surface area contributed by atoms with E-state index in [-0.39, 0.29) is 5.41 Å². The standard InChI is InChI=1S/C29H31N3S2/c1-29(2,3)20-10-11-21(22-13-19(22)12-20)24-26-27(33-16-31-26)23(25-28(24)34-15-30-25)18-8-6-17(7-9-18)14-32(4)5/h6-8,10-13,15,18,31H,9,14,16H2,1-5H3. The number of rotatable bonds is 4. The first-order valence-electron chi connectivity index (χ1n) is 12.0. The number of thioether (sulfide) groups is 1. The van der Waals surface area contributed by atoms with E-state index in [9.17, 15) is 0 Å². The molecule has 5 heteroatoms. The highest BCUT2D eigenvalue weighted by atomic mass is 32.2. The second-order valence-electron chi connectivity index (χ2n) is 10.8. The number of likely N-dealkylation sites (N-methyl/N-ethyl adjacent to an activating group) is 1. The molecule has 3 aliphatic carbocycles. The summed E-state index contributed by atoms with van der Waals surface area (Å²) in [5.74, 6) is 1.29. The van der Waals surface area contributed by atoms with E-state index in [1.807, 2.05) is 17.3 Å². The van der Waals surface area contributed by atoms with Crippen molar-refractivity contribution in [3.8, 4) is 0 Å². The normalized spacial score (nSPS) is 21.2. The molecule has 2 heterocycles. The second-order valence-corrected chi connectivity index (χ2v) is 12.7. The molecule has 1 aromatic heterocycles. The summed E-state index contributed by atoms with van der Waals surface area (Å²) in [4.78, 5) is 8.57. The lowest BCUT2D eigenvalue weighted by Crippen LogP contribution is -2.15. The van der Waals surface area contributed by atoms with Crippen LogP contribution in [0.4, 0.5) is 5.69 Å². The van der Waals surface area contributed by atoms with Crippen LogP contribution in [-0.4, -0.2) is 36.4 Å². The van der Waals surface area contributed by atoms with Crippen LogP contribution >= 0.6 is 23.1 Å². The van der Waals surface area contributed by atoms with Crippen molar-refractivity contribution in [3.63, 3.8) is 0 Å². The lowest BCUT2D eigenvalue weighted by molar-refractivity contribution is 0.447. The number of anilines is 1. The Bertz CT molecular complexity index is 1390. The molecule has 0 radical (unpaired) electrons. The maximum Gasteiger partial charge on any atom is 0.0869 e. The van der Waals surface area contributed by atoms with Crippen LogP contribution in [0, 0.1) is 5.41 Å². The van der Waals surface area contributed by atoms with Crippen molar-refractivity contribution in [2.45, 2.75) is 38.0 Å². The first-order chi connectivity index (χ1) is 16.3. The number of benzene rings is 1. The fraction of sp³-hybridized carbons (Fsp3) is 0.345. The molecule has 0 bridgehead atoms. The maximum absolute atomic E-state index is 4.95. The molecule has 2 aromatic rings. The molecule has 1 N–H and O–H groups in total. The fourth-order valence-electron chi connectivity index (χ4n) is 5.18. The zero-order valence-electron chi connectivity index (χ0n) is 20.5. The van der Waals surface area contributed by atoms with Crippen LogP contribution < -0.4 is 5.32 Å². The lowest BCUT2D eigenvalue weighted by atomic mass is 9.85. The molecule has 0 saturated carbocycles. The van der Waals surface area contributed by atoms with E-state index in [0.717, 1.165) is 18.8 Å². The summed E-state index contributed by atoms with van der Waals surface area (Å²) < 4.78 is 1.31. The Morgan fingerprint density at radius 2 is 1.97 bits per heavy atom. The van der Waals surface area contributed by atoms with E-state index >= 15 is 0 Å². The predicted octanol–water partition coefficient (Wildman–Crippen LogP) is 7.54. The molecule has 174 valence electrons. The van der Waals surface area contributed by atoms with Crippen molar-refractivity contribution >= 4 is 44.6 Å². The molecule has 6 rings (SSSR count). The molecule has 1 atom stereocenters. The van der Waals surface area contributed by atoms with Gasteiger partial charge in [0.2, 0.25) is 0 Å². The molecule has 1 aliphatic heterocycles. The number of fused-ring (bicyclic) bond motifs is 3. The third kappa shape index (κ3) is 3.74.